The molecule has 0 amide bonds. The summed E-state index contributed by atoms with van der Waals surface area (Å²) in [4.78, 5) is 4.52. The molecule has 0 aromatic carbocycles. The minimum atomic E-state index is 0.793. The zero-order valence-electron chi connectivity index (χ0n) is 8.34. The van der Waals surface area contributed by atoms with E-state index in [4.69, 9.17) is 0 Å². The third kappa shape index (κ3) is 2.19. The molecule has 0 bridgehead atoms. The van der Waals surface area contributed by atoms with Gasteiger partial charge in [0.25, 0.3) is 0 Å². The lowest BCUT2D eigenvalue weighted by atomic mass is 9.94. The molecule has 2 rings (SSSR count). The summed E-state index contributed by atoms with van der Waals surface area (Å²) >= 11 is 0. The first-order valence-electron chi connectivity index (χ1n) is 5.30. The molecule has 0 aromatic rings. The van der Waals surface area contributed by atoms with E-state index in [2.05, 4.69) is 23.4 Å². The molecule has 72 valence electrons. The average Bonchev–Trinajstić information content (AvgIpc) is 2.19. The zero-order valence-corrected chi connectivity index (χ0v) is 8.34. The third-order valence-electron chi connectivity index (χ3n) is 2.88. The van der Waals surface area contributed by atoms with Crippen molar-refractivity contribution < 1.29 is 0 Å². The standard InChI is InChI=1S/C11H18N2/c1-9-4-6-13-11(7-9)10-3-2-5-12-8-10/h6,9,12H,2-5,7-8H2,1H3/b11-10+. The van der Waals surface area contributed by atoms with E-state index in [1.807, 2.05) is 0 Å². The van der Waals surface area contributed by atoms with Crippen molar-refractivity contribution in [2.24, 2.45) is 10.9 Å². The van der Waals surface area contributed by atoms with Gasteiger partial charge in [0.1, 0.15) is 0 Å². The minimum absolute atomic E-state index is 0.793. The number of aliphatic imine (C=N–C) groups is 1. The van der Waals surface area contributed by atoms with Crippen LogP contribution in [-0.4, -0.2) is 19.3 Å². The highest BCUT2D eigenvalue weighted by Crippen LogP contribution is 2.25. The van der Waals surface area contributed by atoms with E-state index < -0.39 is 0 Å². The fourth-order valence-corrected chi connectivity index (χ4v) is 2.05. The molecule has 1 N–H and O–H groups in total. The van der Waals surface area contributed by atoms with Crippen LogP contribution in [0.2, 0.25) is 0 Å². The van der Waals surface area contributed by atoms with E-state index >= 15 is 0 Å². The smallest absolute Gasteiger partial charge is 0.0407 e. The average molecular weight is 178 g/mol. The van der Waals surface area contributed by atoms with Crippen molar-refractivity contribution in [3.05, 3.63) is 11.3 Å². The number of allylic oxidation sites excluding steroid dienone is 1. The van der Waals surface area contributed by atoms with E-state index in [-0.39, 0.29) is 0 Å². The Morgan fingerprint density at radius 3 is 3.15 bits per heavy atom. The first-order chi connectivity index (χ1) is 6.36. The molecule has 0 radical (unpaired) electrons. The van der Waals surface area contributed by atoms with E-state index in [1.165, 1.54) is 31.5 Å². The van der Waals surface area contributed by atoms with Crippen LogP contribution < -0.4 is 5.32 Å². The summed E-state index contributed by atoms with van der Waals surface area (Å²) in [6.07, 6.45) is 6.97. The monoisotopic (exact) mass is 178 g/mol. The Labute approximate surface area is 80.1 Å². The predicted octanol–water partition coefficient (Wildman–Crippen LogP) is 2.12. The molecule has 2 nitrogen and oxygen atoms in total. The van der Waals surface area contributed by atoms with Crippen molar-refractivity contribution in [2.75, 3.05) is 13.1 Å². The molecule has 1 atom stereocenters. The van der Waals surface area contributed by atoms with Gasteiger partial charge in [-0.25, -0.2) is 0 Å². The Morgan fingerprint density at radius 1 is 1.54 bits per heavy atom. The van der Waals surface area contributed by atoms with Gasteiger partial charge in [-0.05, 0) is 43.7 Å². The van der Waals surface area contributed by atoms with Gasteiger partial charge in [-0.1, -0.05) is 6.92 Å². The van der Waals surface area contributed by atoms with Gasteiger partial charge in [-0.15, -0.1) is 0 Å². The molecule has 13 heavy (non-hydrogen) atoms. The summed E-state index contributed by atoms with van der Waals surface area (Å²) in [5.41, 5.74) is 2.92. The first kappa shape index (κ1) is 8.95. The summed E-state index contributed by atoms with van der Waals surface area (Å²) in [6, 6.07) is 0. The molecule has 2 heteroatoms. The highest BCUT2D eigenvalue weighted by atomic mass is 14.9. The van der Waals surface area contributed by atoms with Gasteiger partial charge >= 0.3 is 0 Å². The Kier molecular flexibility index (Phi) is 2.79. The van der Waals surface area contributed by atoms with Crippen LogP contribution in [0.1, 0.15) is 32.6 Å². The largest absolute Gasteiger partial charge is 0.313 e. The molecule has 1 unspecified atom stereocenters. The predicted molar refractivity (Wildman–Crippen MR) is 56.0 cm³/mol. The van der Waals surface area contributed by atoms with Gasteiger partial charge in [0.15, 0.2) is 0 Å². The number of nitrogens with zero attached hydrogens (tertiary/aromatic N) is 1. The number of hydrogen-bond donors (Lipinski definition) is 1. The van der Waals surface area contributed by atoms with Crippen LogP contribution in [0.5, 0.6) is 0 Å². The molecule has 0 aliphatic carbocycles. The number of piperidine rings is 1. The molecule has 1 fully saturated rings. The van der Waals surface area contributed by atoms with Crippen LogP contribution in [0, 0.1) is 5.92 Å². The molecular weight excluding hydrogens is 160 g/mol. The lowest BCUT2D eigenvalue weighted by molar-refractivity contribution is 0.556. The fraction of sp³-hybridized carbons (Fsp3) is 0.727. The van der Waals surface area contributed by atoms with Crippen LogP contribution in [0.25, 0.3) is 0 Å². The Bertz CT molecular complexity index is 232. The van der Waals surface area contributed by atoms with Crippen LogP contribution in [0.3, 0.4) is 0 Å². The van der Waals surface area contributed by atoms with Crippen LogP contribution >= 0.6 is 0 Å². The maximum Gasteiger partial charge on any atom is 0.0407 e. The molecule has 0 spiro atoms. The van der Waals surface area contributed by atoms with Crippen molar-refractivity contribution in [3.8, 4) is 0 Å². The molecule has 2 aliphatic heterocycles. The maximum atomic E-state index is 4.52. The third-order valence-corrected chi connectivity index (χ3v) is 2.88. The second-order valence-electron chi connectivity index (χ2n) is 4.19. The van der Waals surface area contributed by atoms with E-state index in [0.717, 1.165) is 18.9 Å². The molecule has 0 aromatic heterocycles. The van der Waals surface area contributed by atoms with E-state index in [0.29, 0.717) is 0 Å². The van der Waals surface area contributed by atoms with E-state index in [1.54, 1.807) is 5.57 Å². The second kappa shape index (κ2) is 4.05. The van der Waals surface area contributed by atoms with E-state index in [9.17, 15) is 0 Å². The summed E-state index contributed by atoms with van der Waals surface area (Å²) < 4.78 is 0. The van der Waals surface area contributed by atoms with Crippen LogP contribution in [0.4, 0.5) is 0 Å². The molecular formula is C11H18N2. The molecule has 1 saturated heterocycles. The van der Waals surface area contributed by atoms with Crippen molar-refractivity contribution in [2.45, 2.75) is 32.6 Å². The molecule has 2 heterocycles. The summed E-state index contributed by atoms with van der Waals surface area (Å²) in [7, 11) is 0. The highest BCUT2D eigenvalue weighted by molar-refractivity contribution is 5.61. The quantitative estimate of drug-likeness (QED) is 0.603. The molecule has 2 aliphatic rings. The van der Waals surface area contributed by atoms with Gasteiger partial charge in [-0.2, -0.15) is 0 Å². The summed E-state index contributed by atoms with van der Waals surface area (Å²) in [5.74, 6) is 0.793. The normalized spacial score (nSPS) is 35.0. The van der Waals surface area contributed by atoms with Gasteiger partial charge in [0.05, 0.1) is 0 Å². The zero-order chi connectivity index (χ0) is 9.10. The van der Waals surface area contributed by atoms with Crippen molar-refractivity contribution in [3.63, 3.8) is 0 Å². The SMILES string of the molecule is CC1CC=N/C(=C2\CCCNC2)C1. The van der Waals surface area contributed by atoms with Gasteiger partial charge in [0.2, 0.25) is 0 Å². The fourth-order valence-electron chi connectivity index (χ4n) is 2.05. The lowest BCUT2D eigenvalue weighted by Gasteiger charge is -2.22. The maximum absolute atomic E-state index is 4.52. The highest BCUT2D eigenvalue weighted by Gasteiger charge is 2.15. The van der Waals surface area contributed by atoms with Crippen molar-refractivity contribution in [1.82, 2.24) is 5.32 Å². The minimum Gasteiger partial charge on any atom is -0.313 e. The van der Waals surface area contributed by atoms with Gasteiger partial charge < -0.3 is 5.32 Å². The molecule has 0 saturated carbocycles. The topological polar surface area (TPSA) is 24.4 Å². The van der Waals surface area contributed by atoms with Crippen LogP contribution in [-0.2, 0) is 0 Å². The number of rotatable bonds is 0. The van der Waals surface area contributed by atoms with Crippen LogP contribution in [0.15, 0.2) is 16.3 Å². The van der Waals surface area contributed by atoms with Crippen molar-refractivity contribution in [1.29, 1.82) is 0 Å². The Morgan fingerprint density at radius 2 is 2.46 bits per heavy atom. The summed E-state index contributed by atoms with van der Waals surface area (Å²) in [5, 5.41) is 3.42. The lowest BCUT2D eigenvalue weighted by Crippen LogP contribution is -2.25. The first-order valence-corrected chi connectivity index (χ1v) is 5.30. The van der Waals surface area contributed by atoms with Crippen molar-refractivity contribution >= 4 is 6.21 Å². The van der Waals surface area contributed by atoms with Gasteiger partial charge in [-0.3, -0.25) is 4.99 Å². The Hall–Kier alpha value is -0.630. The summed E-state index contributed by atoms with van der Waals surface area (Å²) in [6.45, 7) is 4.55. The number of hydrogen-bond acceptors (Lipinski definition) is 2. The number of nitrogens with one attached hydrogen (secondary N) is 1. The van der Waals surface area contributed by atoms with Gasteiger partial charge in [0, 0.05) is 18.5 Å². The Balaban J connectivity index is 2.11. The second-order valence-corrected chi connectivity index (χ2v) is 4.19.